The Labute approximate surface area is 119 Å². The summed E-state index contributed by atoms with van der Waals surface area (Å²) in [5, 5.41) is 0. The third kappa shape index (κ3) is 2.50. The molecular formula is C16H19N3O. The smallest absolute Gasteiger partial charge is 0.218 e. The summed E-state index contributed by atoms with van der Waals surface area (Å²) in [6.07, 6.45) is 2.58. The van der Waals surface area contributed by atoms with Crippen molar-refractivity contribution in [3.8, 4) is 0 Å². The zero-order chi connectivity index (χ0) is 14.7. The molecule has 1 aromatic carbocycles. The maximum absolute atomic E-state index is 11.6. The Balaban J connectivity index is 2.59. The van der Waals surface area contributed by atoms with Gasteiger partial charge in [0.05, 0.1) is 17.1 Å². The SMILES string of the molecule is Cc1nccc(N(C=O)c2ccccc2N(C)C)c1C. The maximum Gasteiger partial charge on any atom is 0.218 e. The van der Waals surface area contributed by atoms with Gasteiger partial charge in [0.25, 0.3) is 0 Å². The van der Waals surface area contributed by atoms with Gasteiger partial charge in [-0.05, 0) is 37.6 Å². The number of anilines is 3. The van der Waals surface area contributed by atoms with E-state index in [4.69, 9.17) is 0 Å². The standard InChI is InChI=1S/C16H19N3O/c1-12-13(2)17-10-9-14(12)19(11-20)16-8-6-5-7-15(16)18(3)4/h5-11H,1-4H3. The number of aryl methyl sites for hydroxylation is 1. The van der Waals surface area contributed by atoms with E-state index in [2.05, 4.69) is 4.98 Å². The molecule has 0 radical (unpaired) electrons. The van der Waals surface area contributed by atoms with Crippen LogP contribution in [0.15, 0.2) is 36.5 Å². The van der Waals surface area contributed by atoms with E-state index in [0.29, 0.717) is 0 Å². The second kappa shape index (κ2) is 5.74. The number of amides is 1. The Hall–Kier alpha value is -2.36. The normalized spacial score (nSPS) is 10.2. The molecule has 0 saturated carbocycles. The zero-order valence-electron chi connectivity index (χ0n) is 12.3. The van der Waals surface area contributed by atoms with Crippen LogP contribution in [0.4, 0.5) is 17.1 Å². The molecule has 0 unspecified atom stereocenters. The van der Waals surface area contributed by atoms with Crippen LogP contribution in [0.25, 0.3) is 0 Å². The van der Waals surface area contributed by atoms with Crippen molar-refractivity contribution in [2.75, 3.05) is 23.9 Å². The molecule has 0 saturated heterocycles. The molecule has 0 N–H and O–H groups in total. The fourth-order valence-electron chi connectivity index (χ4n) is 2.18. The van der Waals surface area contributed by atoms with E-state index in [9.17, 15) is 4.79 Å². The van der Waals surface area contributed by atoms with Gasteiger partial charge in [0, 0.05) is 26.0 Å². The topological polar surface area (TPSA) is 36.4 Å². The lowest BCUT2D eigenvalue weighted by molar-refractivity contribution is -0.106. The Morgan fingerprint density at radius 2 is 1.65 bits per heavy atom. The molecule has 0 bridgehead atoms. The number of nitrogens with zero attached hydrogens (tertiary/aromatic N) is 3. The number of para-hydroxylation sites is 2. The van der Waals surface area contributed by atoms with Crippen molar-refractivity contribution in [2.45, 2.75) is 13.8 Å². The lowest BCUT2D eigenvalue weighted by Gasteiger charge is -2.25. The molecule has 4 heteroatoms. The molecule has 104 valence electrons. The van der Waals surface area contributed by atoms with Crippen LogP contribution in [0, 0.1) is 13.8 Å². The molecule has 2 aromatic rings. The molecule has 0 aliphatic carbocycles. The van der Waals surface area contributed by atoms with E-state index in [1.807, 2.05) is 63.2 Å². The number of pyridine rings is 1. The predicted molar refractivity (Wildman–Crippen MR) is 82.7 cm³/mol. The first-order valence-corrected chi connectivity index (χ1v) is 6.49. The van der Waals surface area contributed by atoms with Gasteiger partial charge in [0.1, 0.15) is 0 Å². The highest BCUT2D eigenvalue weighted by molar-refractivity contribution is 5.93. The fourth-order valence-corrected chi connectivity index (χ4v) is 2.18. The molecule has 4 nitrogen and oxygen atoms in total. The molecule has 20 heavy (non-hydrogen) atoms. The van der Waals surface area contributed by atoms with Crippen molar-refractivity contribution in [3.63, 3.8) is 0 Å². The molecule has 2 rings (SSSR count). The number of aromatic nitrogens is 1. The molecule has 0 atom stereocenters. The van der Waals surface area contributed by atoms with Gasteiger partial charge in [-0.3, -0.25) is 14.7 Å². The highest BCUT2D eigenvalue weighted by Gasteiger charge is 2.16. The van der Waals surface area contributed by atoms with Gasteiger partial charge >= 0.3 is 0 Å². The van der Waals surface area contributed by atoms with Crippen LogP contribution in [0.2, 0.25) is 0 Å². The van der Waals surface area contributed by atoms with E-state index in [-0.39, 0.29) is 0 Å². The summed E-state index contributed by atoms with van der Waals surface area (Å²) in [5.74, 6) is 0. The van der Waals surface area contributed by atoms with Crippen LogP contribution >= 0.6 is 0 Å². The van der Waals surface area contributed by atoms with Crippen molar-refractivity contribution in [2.24, 2.45) is 0 Å². The molecule has 0 aliphatic heterocycles. The summed E-state index contributed by atoms with van der Waals surface area (Å²) < 4.78 is 0. The van der Waals surface area contributed by atoms with Crippen molar-refractivity contribution >= 4 is 23.5 Å². The van der Waals surface area contributed by atoms with Gasteiger partial charge in [0.2, 0.25) is 6.41 Å². The first-order chi connectivity index (χ1) is 9.56. The molecule has 1 heterocycles. The highest BCUT2D eigenvalue weighted by Crippen LogP contribution is 2.34. The number of hydrogen-bond donors (Lipinski definition) is 0. The van der Waals surface area contributed by atoms with Crippen LogP contribution in [-0.4, -0.2) is 25.5 Å². The lowest BCUT2D eigenvalue weighted by atomic mass is 10.1. The summed E-state index contributed by atoms with van der Waals surface area (Å²) in [6, 6.07) is 9.70. The van der Waals surface area contributed by atoms with E-state index in [1.54, 1.807) is 11.1 Å². The Morgan fingerprint density at radius 3 is 2.25 bits per heavy atom. The van der Waals surface area contributed by atoms with Crippen LogP contribution < -0.4 is 9.80 Å². The molecule has 0 fully saturated rings. The number of rotatable bonds is 4. The van der Waals surface area contributed by atoms with E-state index in [1.165, 1.54) is 0 Å². The Bertz CT molecular complexity index is 623. The van der Waals surface area contributed by atoms with E-state index in [0.717, 1.165) is 34.7 Å². The van der Waals surface area contributed by atoms with Gasteiger partial charge < -0.3 is 4.90 Å². The van der Waals surface area contributed by atoms with Crippen LogP contribution in [0.5, 0.6) is 0 Å². The zero-order valence-corrected chi connectivity index (χ0v) is 12.3. The summed E-state index contributed by atoms with van der Waals surface area (Å²) in [4.78, 5) is 19.5. The predicted octanol–water partition coefficient (Wildman–Crippen LogP) is 3.06. The Kier molecular flexibility index (Phi) is 4.03. The van der Waals surface area contributed by atoms with Gasteiger partial charge in [-0.2, -0.15) is 0 Å². The molecule has 0 spiro atoms. The highest BCUT2D eigenvalue weighted by atomic mass is 16.1. The largest absolute Gasteiger partial charge is 0.376 e. The second-order valence-corrected chi connectivity index (χ2v) is 4.90. The fraction of sp³-hybridized carbons (Fsp3) is 0.250. The lowest BCUT2D eigenvalue weighted by Crippen LogP contribution is -2.20. The van der Waals surface area contributed by atoms with E-state index < -0.39 is 0 Å². The molecule has 1 aromatic heterocycles. The van der Waals surface area contributed by atoms with Crippen LogP contribution in [0.3, 0.4) is 0 Å². The maximum atomic E-state index is 11.6. The number of hydrogen-bond acceptors (Lipinski definition) is 3. The van der Waals surface area contributed by atoms with Crippen molar-refractivity contribution in [3.05, 3.63) is 47.8 Å². The minimum atomic E-state index is 0.851. The third-order valence-electron chi connectivity index (χ3n) is 3.42. The van der Waals surface area contributed by atoms with Crippen LogP contribution in [-0.2, 0) is 4.79 Å². The average molecular weight is 269 g/mol. The minimum absolute atomic E-state index is 0.851. The van der Waals surface area contributed by atoms with Gasteiger partial charge in [-0.15, -0.1) is 0 Å². The molecule has 0 aliphatic rings. The first kappa shape index (κ1) is 14.1. The third-order valence-corrected chi connectivity index (χ3v) is 3.42. The second-order valence-electron chi connectivity index (χ2n) is 4.90. The van der Waals surface area contributed by atoms with Crippen molar-refractivity contribution in [1.29, 1.82) is 0 Å². The monoisotopic (exact) mass is 269 g/mol. The van der Waals surface area contributed by atoms with E-state index >= 15 is 0 Å². The quantitative estimate of drug-likeness (QED) is 0.800. The van der Waals surface area contributed by atoms with Crippen molar-refractivity contribution < 1.29 is 4.79 Å². The summed E-state index contributed by atoms with van der Waals surface area (Å²) in [6.45, 7) is 3.92. The van der Waals surface area contributed by atoms with Crippen LogP contribution in [0.1, 0.15) is 11.3 Å². The van der Waals surface area contributed by atoms with Gasteiger partial charge in [-0.1, -0.05) is 12.1 Å². The average Bonchev–Trinajstić information content (AvgIpc) is 2.44. The van der Waals surface area contributed by atoms with Gasteiger partial charge in [-0.25, -0.2) is 0 Å². The summed E-state index contributed by atoms with van der Waals surface area (Å²) in [5.41, 5.74) is 4.65. The van der Waals surface area contributed by atoms with Crippen molar-refractivity contribution in [1.82, 2.24) is 4.98 Å². The molecule has 1 amide bonds. The first-order valence-electron chi connectivity index (χ1n) is 6.49. The van der Waals surface area contributed by atoms with Gasteiger partial charge in [0.15, 0.2) is 0 Å². The summed E-state index contributed by atoms with van der Waals surface area (Å²) in [7, 11) is 3.93. The minimum Gasteiger partial charge on any atom is -0.376 e. The number of carbonyl (C=O) groups is 1. The molecular weight excluding hydrogens is 250 g/mol. The number of carbonyl (C=O) groups excluding carboxylic acids is 1. The number of benzene rings is 1. The summed E-state index contributed by atoms with van der Waals surface area (Å²) >= 11 is 0. The Morgan fingerprint density at radius 1 is 1.00 bits per heavy atom.